The monoisotopic (exact) mass is 479 g/mol. The topological polar surface area (TPSA) is 58.2 Å². The van der Waals surface area contributed by atoms with Gasteiger partial charge in [0.2, 0.25) is 0 Å². The molecule has 182 valence electrons. The Hall–Kier alpha value is -4.06. The summed E-state index contributed by atoms with van der Waals surface area (Å²) in [5.74, 6) is 1.05. The minimum Gasteiger partial charge on any atom is -0.492 e. The van der Waals surface area contributed by atoms with Crippen molar-refractivity contribution in [2.45, 2.75) is 50.3 Å². The van der Waals surface area contributed by atoms with Crippen LogP contribution >= 0.6 is 0 Å². The Bertz CT molecular complexity index is 1480. The zero-order chi connectivity index (χ0) is 24.5. The van der Waals surface area contributed by atoms with Crippen molar-refractivity contribution < 1.29 is 4.74 Å². The van der Waals surface area contributed by atoms with Crippen molar-refractivity contribution in [3.63, 3.8) is 0 Å². The van der Waals surface area contributed by atoms with Crippen molar-refractivity contribution in [1.82, 2.24) is 13.9 Å². The Morgan fingerprint density at radius 2 is 1.31 bits per heavy atom. The average Bonchev–Trinajstić information content (AvgIpc) is 3.19. The molecule has 1 aliphatic carbocycles. The summed E-state index contributed by atoms with van der Waals surface area (Å²) in [5.41, 5.74) is 2.08. The number of para-hydroxylation sites is 1. The predicted molar refractivity (Wildman–Crippen MR) is 139 cm³/mol. The van der Waals surface area contributed by atoms with Crippen LogP contribution in [-0.2, 0) is 11.3 Å². The van der Waals surface area contributed by atoms with E-state index in [9.17, 15) is 9.59 Å². The van der Waals surface area contributed by atoms with E-state index >= 15 is 0 Å². The van der Waals surface area contributed by atoms with Crippen LogP contribution in [0.2, 0.25) is 0 Å². The van der Waals surface area contributed by atoms with Gasteiger partial charge in [-0.25, -0.2) is 23.5 Å². The molecule has 0 N–H and O–H groups in total. The van der Waals surface area contributed by atoms with Gasteiger partial charge in [0.15, 0.2) is 0 Å². The van der Waals surface area contributed by atoms with E-state index in [-0.39, 0.29) is 24.0 Å². The predicted octanol–water partition coefficient (Wildman–Crippen LogP) is 5.03. The lowest BCUT2D eigenvalue weighted by Gasteiger charge is -2.34. The molecule has 0 amide bonds. The van der Waals surface area contributed by atoms with Crippen LogP contribution in [0.15, 0.2) is 112 Å². The Morgan fingerprint density at radius 3 is 2.00 bits per heavy atom. The molecule has 6 rings (SSSR count). The Morgan fingerprint density at radius 1 is 0.694 bits per heavy atom. The van der Waals surface area contributed by atoms with Crippen molar-refractivity contribution >= 4 is 0 Å². The number of hydrogen-bond donors (Lipinski definition) is 0. The molecule has 3 aromatic carbocycles. The highest BCUT2D eigenvalue weighted by Crippen LogP contribution is 2.37. The Labute approximate surface area is 209 Å². The molecule has 0 bridgehead atoms. The SMILES string of the molecule is O=c1n(-c2ccccc2)c(=O)n2n1CC(O[C@@H]1CCCC[C@H]1c1ccccc1)=CC2c1ccccc1. The smallest absolute Gasteiger partial charge is 0.352 e. The van der Waals surface area contributed by atoms with Crippen molar-refractivity contribution in [2.24, 2.45) is 0 Å². The lowest BCUT2D eigenvalue weighted by molar-refractivity contribution is 0.0499. The fourth-order valence-electron chi connectivity index (χ4n) is 5.63. The highest BCUT2D eigenvalue weighted by atomic mass is 16.5. The van der Waals surface area contributed by atoms with Gasteiger partial charge in [0.05, 0.1) is 5.69 Å². The van der Waals surface area contributed by atoms with Crippen molar-refractivity contribution in [3.05, 3.63) is 135 Å². The number of rotatable bonds is 5. The van der Waals surface area contributed by atoms with E-state index in [0.717, 1.165) is 30.6 Å². The number of allylic oxidation sites excluding steroid dienone is 2. The first kappa shape index (κ1) is 22.4. The summed E-state index contributed by atoms with van der Waals surface area (Å²) in [6, 6.07) is 29.0. The van der Waals surface area contributed by atoms with Gasteiger partial charge >= 0.3 is 11.4 Å². The number of hydrogen-bond acceptors (Lipinski definition) is 3. The summed E-state index contributed by atoms with van der Waals surface area (Å²) in [6.45, 7) is 0.231. The third-order valence-corrected chi connectivity index (χ3v) is 7.36. The molecular formula is C30H29N3O3. The molecule has 1 aliphatic heterocycles. The van der Waals surface area contributed by atoms with Crippen LogP contribution in [0.25, 0.3) is 5.69 Å². The number of nitrogens with zero attached hydrogens (tertiary/aromatic N) is 3. The molecule has 4 aromatic rings. The molecule has 36 heavy (non-hydrogen) atoms. The molecule has 6 heteroatoms. The third-order valence-electron chi connectivity index (χ3n) is 7.36. The molecule has 6 nitrogen and oxygen atoms in total. The van der Waals surface area contributed by atoms with Gasteiger partial charge in [-0.2, -0.15) is 0 Å². The average molecular weight is 480 g/mol. The van der Waals surface area contributed by atoms with Gasteiger partial charge in [-0.05, 0) is 48.6 Å². The second-order valence-corrected chi connectivity index (χ2v) is 9.58. The van der Waals surface area contributed by atoms with Gasteiger partial charge < -0.3 is 4.74 Å². The standard InChI is InChI=1S/C30H29N3O3/c34-29-31-21-25(36-28-19-11-10-18-26(28)22-12-4-1-5-13-22)20-27(23-14-6-2-7-15-23)33(31)30(35)32(29)24-16-8-3-9-17-24/h1-9,12-17,20,26-28H,10-11,18-19,21H2/t26-,27?,28+/m0/s1. The molecule has 1 unspecified atom stereocenters. The fraction of sp³-hybridized carbons (Fsp3) is 0.267. The zero-order valence-corrected chi connectivity index (χ0v) is 20.1. The van der Waals surface area contributed by atoms with Crippen LogP contribution in [-0.4, -0.2) is 20.0 Å². The molecule has 0 spiro atoms. The molecular weight excluding hydrogens is 450 g/mol. The van der Waals surface area contributed by atoms with Gasteiger partial charge in [-0.15, -0.1) is 0 Å². The lowest BCUT2D eigenvalue weighted by Crippen LogP contribution is -2.36. The van der Waals surface area contributed by atoms with Gasteiger partial charge in [0, 0.05) is 5.92 Å². The van der Waals surface area contributed by atoms with Crippen LogP contribution in [0.5, 0.6) is 0 Å². The molecule has 2 heterocycles. The molecule has 1 aromatic heterocycles. The number of fused-ring (bicyclic) bond motifs is 1. The summed E-state index contributed by atoms with van der Waals surface area (Å²) < 4.78 is 11.0. The first-order valence-electron chi connectivity index (χ1n) is 12.7. The number of aromatic nitrogens is 3. The Balaban J connectivity index is 1.41. The summed E-state index contributed by atoms with van der Waals surface area (Å²) in [6.07, 6.45) is 6.41. The van der Waals surface area contributed by atoms with E-state index in [1.807, 2.05) is 60.7 Å². The van der Waals surface area contributed by atoms with Crippen LogP contribution in [0.1, 0.15) is 48.8 Å². The fourth-order valence-corrected chi connectivity index (χ4v) is 5.63. The van der Waals surface area contributed by atoms with Crippen molar-refractivity contribution in [3.8, 4) is 5.69 Å². The number of ether oxygens (including phenoxy) is 1. The summed E-state index contributed by atoms with van der Waals surface area (Å²) in [5, 5.41) is 0. The maximum Gasteiger partial charge on any atom is 0.352 e. The second kappa shape index (κ2) is 9.53. The highest BCUT2D eigenvalue weighted by molar-refractivity contribution is 5.32. The van der Waals surface area contributed by atoms with Gasteiger partial charge in [-0.1, -0.05) is 85.3 Å². The van der Waals surface area contributed by atoms with Crippen LogP contribution < -0.4 is 11.4 Å². The first-order chi connectivity index (χ1) is 17.7. The van der Waals surface area contributed by atoms with Crippen LogP contribution in [0.4, 0.5) is 0 Å². The van der Waals surface area contributed by atoms with E-state index in [1.54, 1.807) is 16.8 Å². The Kier molecular flexibility index (Phi) is 5.93. The minimum absolute atomic E-state index is 0.0361. The van der Waals surface area contributed by atoms with Crippen LogP contribution in [0, 0.1) is 0 Å². The zero-order valence-electron chi connectivity index (χ0n) is 20.1. The molecule has 2 aliphatic rings. The van der Waals surface area contributed by atoms with E-state index < -0.39 is 6.04 Å². The lowest BCUT2D eigenvalue weighted by atomic mass is 9.81. The summed E-state index contributed by atoms with van der Waals surface area (Å²) >= 11 is 0. The molecule has 0 radical (unpaired) electrons. The minimum atomic E-state index is -0.432. The maximum atomic E-state index is 13.6. The van der Waals surface area contributed by atoms with Gasteiger partial charge in [-0.3, -0.25) is 0 Å². The number of benzene rings is 3. The highest BCUT2D eigenvalue weighted by Gasteiger charge is 2.33. The molecule has 3 atom stereocenters. The first-order valence-corrected chi connectivity index (χ1v) is 12.7. The van der Waals surface area contributed by atoms with E-state index in [0.29, 0.717) is 11.6 Å². The largest absolute Gasteiger partial charge is 0.492 e. The molecule has 0 saturated heterocycles. The van der Waals surface area contributed by atoms with Gasteiger partial charge in [0.1, 0.15) is 24.4 Å². The second-order valence-electron chi connectivity index (χ2n) is 9.58. The van der Waals surface area contributed by atoms with E-state index in [2.05, 4.69) is 24.3 Å². The van der Waals surface area contributed by atoms with Crippen molar-refractivity contribution in [2.75, 3.05) is 0 Å². The van der Waals surface area contributed by atoms with E-state index in [4.69, 9.17) is 4.74 Å². The normalized spacial score (nSPS) is 21.4. The molecule has 1 saturated carbocycles. The summed E-state index contributed by atoms with van der Waals surface area (Å²) in [4.78, 5) is 27.1. The maximum absolute atomic E-state index is 13.6. The molecule has 1 fully saturated rings. The summed E-state index contributed by atoms with van der Waals surface area (Å²) in [7, 11) is 0. The quantitative estimate of drug-likeness (QED) is 0.403. The third kappa shape index (κ3) is 4.02. The van der Waals surface area contributed by atoms with Gasteiger partial charge in [0.25, 0.3) is 0 Å². The van der Waals surface area contributed by atoms with E-state index in [1.165, 1.54) is 21.2 Å². The van der Waals surface area contributed by atoms with Crippen LogP contribution in [0.3, 0.4) is 0 Å². The van der Waals surface area contributed by atoms with Crippen molar-refractivity contribution in [1.29, 1.82) is 0 Å².